The molecule has 3 rings (SSSR count). The SMILES string of the molecule is O=C(Nc1ccc(C2=NCCO2)cc1)c1cccc(Cl)c1. The molecule has 1 N–H and O–H groups in total. The van der Waals surface area contributed by atoms with Gasteiger partial charge in [-0.25, -0.2) is 4.99 Å². The van der Waals surface area contributed by atoms with Crippen LogP contribution in [-0.2, 0) is 4.74 Å². The highest BCUT2D eigenvalue weighted by atomic mass is 35.5. The molecule has 1 aliphatic heterocycles. The van der Waals surface area contributed by atoms with Crippen molar-refractivity contribution >= 4 is 29.1 Å². The van der Waals surface area contributed by atoms with E-state index in [2.05, 4.69) is 10.3 Å². The first-order chi connectivity index (χ1) is 10.2. The summed E-state index contributed by atoms with van der Waals surface area (Å²) in [6.07, 6.45) is 0. The Labute approximate surface area is 127 Å². The van der Waals surface area contributed by atoms with Crippen LogP contribution in [0, 0.1) is 0 Å². The molecule has 2 aromatic carbocycles. The minimum atomic E-state index is -0.195. The Morgan fingerprint density at radius 2 is 2.00 bits per heavy atom. The number of anilines is 1. The van der Waals surface area contributed by atoms with Crippen LogP contribution in [0.15, 0.2) is 53.5 Å². The van der Waals surface area contributed by atoms with E-state index in [1.807, 2.05) is 24.3 Å². The van der Waals surface area contributed by atoms with E-state index in [-0.39, 0.29) is 5.91 Å². The number of carbonyl (C=O) groups is 1. The average Bonchev–Trinajstić information content (AvgIpc) is 3.02. The highest BCUT2D eigenvalue weighted by Crippen LogP contribution is 2.15. The van der Waals surface area contributed by atoms with Gasteiger partial charge in [0.15, 0.2) is 0 Å². The first kappa shape index (κ1) is 13.6. The highest BCUT2D eigenvalue weighted by Gasteiger charge is 2.11. The molecule has 0 radical (unpaired) electrons. The smallest absolute Gasteiger partial charge is 0.255 e. The molecule has 0 saturated carbocycles. The molecule has 0 spiro atoms. The van der Waals surface area contributed by atoms with Gasteiger partial charge < -0.3 is 10.1 Å². The lowest BCUT2D eigenvalue weighted by atomic mass is 10.2. The Hall–Kier alpha value is -2.33. The van der Waals surface area contributed by atoms with Crippen LogP contribution in [0.3, 0.4) is 0 Å². The van der Waals surface area contributed by atoms with E-state index in [0.29, 0.717) is 35.3 Å². The predicted molar refractivity (Wildman–Crippen MR) is 83.2 cm³/mol. The normalized spacial score (nSPS) is 13.5. The zero-order valence-electron chi connectivity index (χ0n) is 11.2. The molecule has 5 heteroatoms. The third-order valence-electron chi connectivity index (χ3n) is 3.06. The molecule has 1 aliphatic rings. The molecule has 1 heterocycles. The van der Waals surface area contributed by atoms with E-state index in [4.69, 9.17) is 16.3 Å². The number of benzene rings is 2. The molecule has 106 valence electrons. The van der Waals surface area contributed by atoms with Gasteiger partial charge in [0.25, 0.3) is 5.91 Å². The summed E-state index contributed by atoms with van der Waals surface area (Å²) in [7, 11) is 0. The molecule has 0 aromatic heterocycles. The van der Waals surface area contributed by atoms with Gasteiger partial charge in [0.05, 0.1) is 6.54 Å². The molecule has 0 aliphatic carbocycles. The summed E-state index contributed by atoms with van der Waals surface area (Å²) in [6.45, 7) is 1.32. The second-order valence-electron chi connectivity index (χ2n) is 4.58. The maximum Gasteiger partial charge on any atom is 0.255 e. The molecule has 0 atom stereocenters. The van der Waals surface area contributed by atoms with Gasteiger partial charge in [-0.15, -0.1) is 0 Å². The lowest BCUT2D eigenvalue weighted by molar-refractivity contribution is 0.102. The van der Waals surface area contributed by atoms with Crippen LogP contribution < -0.4 is 5.32 Å². The highest BCUT2D eigenvalue weighted by molar-refractivity contribution is 6.31. The van der Waals surface area contributed by atoms with Gasteiger partial charge in [-0.3, -0.25) is 4.79 Å². The van der Waals surface area contributed by atoms with Gasteiger partial charge in [0.1, 0.15) is 6.61 Å². The molecular weight excluding hydrogens is 288 g/mol. The van der Waals surface area contributed by atoms with Crippen molar-refractivity contribution in [3.63, 3.8) is 0 Å². The number of carbonyl (C=O) groups excluding carboxylic acids is 1. The van der Waals surface area contributed by atoms with E-state index >= 15 is 0 Å². The van der Waals surface area contributed by atoms with E-state index in [1.54, 1.807) is 24.3 Å². The third-order valence-corrected chi connectivity index (χ3v) is 3.30. The largest absolute Gasteiger partial charge is 0.476 e. The second kappa shape index (κ2) is 5.97. The van der Waals surface area contributed by atoms with Crippen LogP contribution in [0.2, 0.25) is 5.02 Å². The summed E-state index contributed by atoms with van der Waals surface area (Å²) in [5.41, 5.74) is 2.14. The number of amides is 1. The van der Waals surface area contributed by atoms with Gasteiger partial charge in [0.2, 0.25) is 5.90 Å². The Balaban J connectivity index is 1.71. The maximum absolute atomic E-state index is 12.1. The summed E-state index contributed by atoms with van der Waals surface area (Å²) < 4.78 is 5.39. The van der Waals surface area contributed by atoms with Crippen molar-refractivity contribution in [2.75, 3.05) is 18.5 Å². The number of aliphatic imine (C=N–C) groups is 1. The van der Waals surface area contributed by atoms with E-state index < -0.39 is 0 Å². The number of ether oxygens (including phenoxy) is 1. The molecule has 4 nitrogen and oxygen atoms in total. The average molecular weight is 301 g/mol. The van der Waals surface area contributed by atoms with Crippen molar-refractivity contribution in [3.05, 3.63) is 64.7 Å². The molecule has 0 bridgehead atoms. The van der Waals surface area contributed by atoms with Crippen LogP contribution in [0.4, 0.5) is 5.69 Å². The summed E-state index contributed by atoms with van der Waals surface area (Å²) in [6, 6.07) is 14.2. The van der Waals surface area contributed by atoms with Gasteiger partial charge in [0, 0.05) is 21.8 Å². The first-order valence-electron chi connectivity index (χ1n) is 6.57. The topological polar surface area (TPSA) is 50.7 Å². The first-order valence-corrected chi connectivity index (χ1v) is 6.95. The summed E-state index contributed by atoms with van der Waals surface area (Å²) in [5.74, 6) is 0.461. The van der Waals surface area contributed by atoms with Gasteiger partial charge in [-0.1, -0.05) is 17.7 Å². The molecular formula is C16H13ClN2O2. The number of hydrogen-bond donors (Lipinski definition) is 1. The lowest BCUT2D eigenvalue weighted by Gasteiger charge is -2.07. The van der Waals surface area contributed by atoms with Crippen molar-refractivity contribution < 1.29 is 9.53 Å². The number of nitrogens with zero attached hydrogens (tertiary/aromatic N) is 1. The standard InChI is InChI=1S/C16H13ClN2O2/c17-13-3-1-2-12(10-13)15(20)19-14-6-4-11(5-7-14)16-18-8-9-21-16/h1-7,10H,8-9H2,(H,19,20). The monoisotopic (exact) mass is 300 g/mol. The van der Waals surface area contributed by atoms with Crippen LogP contribution in [0.1, 0.15) is 15.9 Å². The van der Waals surface area contributed by atoms with Crippen molar-refractivity contribution in [2.24, 2.45) is 4.99 Å². The second-order valence-corrected chi connectivity index (χ2v) is 5.01. The molecule has 0 unspecified atom stereocenters. The maximum atomic E-state index is 12.1. The molecule has 2 aromatic rings. The van der Waals surface area contributed by atoms with E-state index in [9.17, 15) is 4.79 Å². The number of hydrogen-bond acceptors (Lipinski definition) is 3. The van der Waals surface area contributed by atoms with E-state index in [0.717, 1.165) is 5.56 Å². The van der Waals surface area contributed by atoms with Crippen LogP contribution in [0.5, 0.6) is 0 Å². The van der Waals surface area contributed by atoms with Crippen LogP contribution >= 0.6 is 11.6 Å². The minimum Gasteiger partial charge on any atom is -0.476 e. The lowest BCUT2D eigenvalue weighted by Crippen LogP contribution is -2.12. The Morgan fingerprint density at radius 1 is 1.19 bits per heavy atom. The summed E-state index contributed by atoms with van der Waals surface area (Å²) in [5, 5.41) is 3.36. The Morgan fingerprint density at radius 3 is 2.67 bits per heavy atom. The number of nitrogens with one attached hydrogen (secondary N) is 1. The van der Waals surface area contributed by atoms with Crippen LogP contribution in [-0.4, -0.2) is 25.0 Å². The zero-order chi connectivity index (χ0) is 14.7. The van der Waals surface area contributed by atoms with Crippen molar-refractivity contribution in [2.45, 2.75) is 0 Å². The molecule has 1 amide bonds. The van der Waals surface area contributed by atoms with Crippen molar-refractivity contribution in [1.29, 1.82) is 0 Å². The Kier molecular flexibility index (Phi) is 3.88. The van der Waals surface area contributed by atoms with Gasteiger partial charge in [-0.2, -0.15) is 0 Å². The quantitative estimate of drug-likeness (QED) is 0.945. The Bertz CT molecular complexity index is 696. The third kappa shape index (κ3) is 3.23. The van der Waals surface area contributed by atoms with Crippen LogP contribution in [0.25, 0.3) is 0 Å². The summed E-state index contributed by atoms with van der Waals surface area (Å²) >= 11 is 5.88. The van der Waals surface area contributed by atoms with Crippen molar-refractivity contribution in [3.8, 4) is 0 Å². The zero-order valence-corrected chi connectivity index (χ0v) is 11.9. The molecule has 21 heavy (non-hydrogen) atoms. The predicted octanol–water partition coefficient (Wildman–Crippen LogP) is 3.37. The summed E-state index contributed by atoms with van der Waals surface area (Å²) in [4.78, 5) is 16.3. The molecule has 0 saturated heterocycles. The number of halogens is 1. The van der Waals surface area contributed by atoms with E-state index in [1.165, 1.54) is 0 Å². The number of rotatable bonds is 3. The fourth-order valence-corrected chi connectivity index (χ4v) is 2.23. The molecule has 0 fully saturated rings. The minimum absolute atomic E-state index is 0.195. The fraction of sp³-hybridized carbons (Fsp3) is 0.125. The fourth-order valence-electron chi connectivity index (χ4n) is 2.04. The van der Waals surface area contributed by atoms with Crippen molar-refractivity contribution in [1.82, 2.24) is 0 Å². The van der Waals surface area contributed by atoms with Gasteiger partial charge in [-0.05, 0) is 42.5 Å². The van der Waals surface area contributed by atoms with Gasteiger partial charge >= 0.3 is 0 Å².